The third-order valence-electron chi connectivity index (χ3n) is 4.19. The van der Waals surface area contributed by atoms with E-state index in [2.05, 4.69) is 4.99 Å². The number of aliphatic imine (C=N–C) groups is 1. The second kappa shape index (κ2) is 5.85. The standard InChI is InChI=1S/C21H14FNO/c22-15-9-6-10-16(13-15)23-20-17-11-4-5-12-18(17)21(24)19(20)14-7-2-1-3-8-14/h1-13,19H/t19-/m0/s1. The summed E-state index contributed by atoms with van der Waals surface area (Å²) >= 11 is 0. The molecule has 0 amide bonds. The number of fused-ring (bicyclic) bond motifs is 1. The first-order chi connectivity index (χ1) is 11.7. The van der Waals surface area contributed by atoms with Crippen molar-refractivity contribution in [3.8, 4) is 0 Å². The van der Waals surface area contributed by atoms with Crippen LogP contribution in [0.25, 0.3) is 0 Å². The van der Waals surface area contributed by atoms with Crippen LogP contribution in [-0.4, -0.2) is 11.5 Å². The molecule has 0 N–H and O–H groups in total. The van der Waals surface area contributed by atoms with E-state index in [0.717, 1.165) is 11.1 Å². The molecule has 0 spiro atoms. The van der Waals surface area contributed by atoms with Gasteiger partial charge in [-0.05, 0) is 23.8 Å². The molecule has 2 nitrogen and oxygen atoms in total. The molecule has 3 heteroatoms. The van der Waals surface area contributed by atoms with Gasteiger partial charge in [-0.25, -0.2) is 4.39 Å². The zero-order valence-electron chi connectivity index (χ0n) is 12.8. The van der Waals surface area contributed by atoms with Crippen LogP contribution in [0.5, 0.6) is 0 Å². The molecule has 0 saturated carbocycles. The van der Waals surface area contributed by atoms with Crippen molar-refractivity contribution in [3.05, 3.63) is 101 Å². The van der Waals surface area contributed by atoms with E-state index in [1.54, 1.807) is 12.1 Å². The van der Waals surface area contributed by atoms with Crippen molar-refractivity contribution >= 4 is 17.2 Å². The molecule has 0 bridgehead atoms. The molecule has 1 aliphatic rings. The van der Waals surface area contributed by atoms with E-state index < -0.39 is 5.92 Å². The van der Waals surface area contributed by atoms with Gasteiger partial charge in [0.05, 0.1) is 17.3 Å². The van der Waals surface area contributed by atoms with Crippen molar-refractivity contribution in [3.63, 3.8) is 0 Å². The first kappa shape index (κ1) is 14.5. The maximum atomic E-state index is 13.5. The van der Waals surface area contributed by atoms with Gasteiger partial charge in [-0.1, -0.05) is 60.7 Å². The molecule has 1 atom stereocenters. The molecule has 4 rings (SSSR count). The first-order valence-corrected chi connectivity index (χ1v) is 7.77. The van der Waals surface area contributed by atoms with Gasteiger partial charge in [-0.3, -0.25) is 9.79 Å². The average molecular weight is 315 g/mol. The Labute approximate surface area is 139 Å². The number of carbonyl (C=O) groups is 1. The number of nitrogens with zero attached hydrogens (tertiary/aromatic N) is 1. The summed E-state index contributed by atoms with van der Waals surface area (Å²) in [4.78, 5) is 17.5. The van der Waals surface area contributed by atoms with Crippen molar-refractivity contribution in [1.82, 2.24) is 0 Å². The van der Waals surface area contributed by atoms with Crippen LogP contribution < -0.4 is 0 Å². The fraction of sp³-hybridized carbons (Fsp3) is 0.0476. The lowest BCUT2D eigenvalue weighted by Crippen LogP contribution is -2.13. The quantitative estimate of drug-likeness (QED) is 0.659. The van der Waals surface area contributed by atoms with Gasteiger partial charge in [0.2, 0.25) is 0 Å². The Kier molecular flexibility index (Phi) is 3.54. The van der Waals surface area contributed by atoms with E-state index in [0.29, 0.717) is 17.0 Å². The lowest BCUT2D eigenvalue weighted by atomic mass is 9.93. The second-order valence-electron chi connectivity index (χ2n) is 5.73. The van der Waals surface area contributed by atoms with E-state index in [4.69, 9.17) is 0 Å². The Morgan fingerprint density at radius 3 is 2.25 bits per heavy atom. The van der Waals surface area contributed by atoms with Crippen LogP contribution in [0.3, 0.4) is 0 Å². The van der Waals surface area contributed by atoms with E-state index in [1.165, 1.54) is 12.1 Å². The van der Waals surface area contributed by atoms with E-state index in [1.807, 2.05) is 54.6 Å². The van der Waals surface area contributed by atoms with Gasteiger partial charge in [-0.15, -0.1) is 0 Å². The smallest absolute Gasteiger partial charge is 0.176 e. The molecule has 0 radical (unpaired) electrons. The number of Topliss-reactive ketones (excluding diaryl/α,β-unsaturated/α-hetero) is 1. The number of hydrogen-bond donors (Lipinski definition) is 0. The number of rotatable bonds is 2. The molecule has 0 heterocycles. The molecule has 0 fully saturated rings. The van der Waals surface area contributed by atoms with Gasteiger partial charge >= 0.3 is 0 Å². The predicted molar refractivity (Wildman–Crippen MR) is 92.6 cm³/mol. The normalized spacial score (nSPS) is 18.0. The molecule has 24 heavy (non-hydrogen) atoms. The molecule has 0 aromatic heterocycles. The van der Waals surface area contributed by atoms with Crippen molar-refractivity contribution in [2.75, 3.05) is 0 Å². The number of hydrogen-bond acceptors (Lipinski definition) is 2. The summed E-state index contributed by atoms with van der Waals surface area (Å²) in [7, 11) is 0. The lowest BCUT2D eigenvalue weighted by molar-refractivity contribution is 0.0988. The summed E-state index contributed by atoms with van der Waals surface area (Å²) in [6.45, 7) is 0. The maximum absolute atomic E-state index is 13.5. The average Bonchev–Trinajstić information content (AvgIpc) is 2.88. The van der Waals surface area contributed by atoms with Gasteiger partial charge in [-0.2, -0.15) is 0 Å². The van der Waals surface area contributed by atoms with Crippen molar-refractivity contribution in [1.29, 1.82) is 0 Å². The molecule has 116 valence electrons. The van der Waals surface area contributed by atoms with Crippen LogP contribution in [0, 0.1) is 5.82 Å². The highest BCUT2D eigenvalue weighted by Gasteiger charge is 2.37. The summed E-state index contributed by atoms with van der Waals surface area (Å²) in [5, 5.41) is 0. The van der Waals surface area contributed by atoms with Crippen LogP contribution in [0.2, 0.25) is 0 Å². The third kappa shape index (κ3) is 2.44. The topological polar surface area (TPSA) is 29.4 Å². The highest BCUT2D eigenvalue weighted by atomic mass is 19.1. The van der Waals surface area contributed by atoms with Gasteiger partial charge < -0.3 is 0 Å². The van der Waals surface area contributed by atoms with Crippen LogP contribution in [0.1, 0.15) is 27.4 Å². The molecule has 0 unspecified atom stereocenters. The SMILES string of the molecule is O=C1c2ccccc2C(=Nc2cccc(F)c2)[C@@H]1c1ccccc1. The molecule has 3 aromatic rings. The Morgan fingerprint density at radius 2 is 1.50 bits per heavy atom. The third-order valence-corrected chi connectivity index (χ3v) is 4.19. The minimum Gasteiger partial charge on any atom is -0.293 e. The summed E-state index contributed by atoms with van der Waals surface area (Å²) < 4.78 is 13.5. The van der Waals surface area contributed by atoms with Gasteiger partial charge in [0.25, 0.3) is 0 Å². The van der Waals surface area contributed by atoms with Crippen LogP contribution in [0.4, 0.5) is 10.1 Å². The van der Waals surface area contributed by atoms with Gasteiger partial charge in [0.1, 0.15) is 5.82 Å². The minimum atomic E-state index is -0.452. The lowest BCUT2D eigenvalue weighted by Gasteiger charge is -2.11. The first-order valence-electron chi connectivity index (χ1n) is 7.77. The summed E-state index contributed by atoms with van der Waals surface area (Å²) in [6.07, 6.45) is 0. The molecular weight excluding hydrogens is 301 g/mol. The molecule has 1 aliphatic carbocycles. The highest BCUT2D eigenvalue weighted by Crippen LogP contribution is 2.36. The Balaban J connectivity index is 1.91. The monoisotopic (exact) mass is 315 g/mol. The molecule has 0 saturated heterocycles. The molecule has 0 aliphatic heterocycles. The van der Waals surface area contributed by atoms with Crippen molar-refractivity contribution < 1.29 is 9.18 Å². The predicted octanol–water partition coefficient (Wildman–Crippen LogP) is 4.93. The van der Waals surface area contributed by atoms with Crippen molar-refractivity contribution in [2.45, 2.75) is 5.92 Å². The molecular formula is C21H14FNO. The number of ketones is 1. The minimum absolute atomic E-state index is 0.0342. The number of carbonyl (C=O) groups excluding carboxylic acids is 1. The highest BCUT2D eigenvalue weighted by molar-refractivity contribution is 6.32. The van der Waals surface area contributed by atoms with E-state index in [9.17, 15) is 9.18 Å². The number of halogens is 1. The fourth-order valence-corrected chi connectivity index (χ4v) is 3.12. The zero-order valence-corrected chi connectivity index (χ0v) is 12.8. The largest absolute Gasteiger partial charge is 0.293 e. The van der Waals surface area contributed by atoms with Crippen LogP contribution in [-0.2, 0) is 0 Å². The maximum Gasteiger partial charge on any atom is 0.176 e. The van der Waals surface area contributed by atoms with Crippen LogP contribution in [0.15, 0.2) is 83.9 Å². The number of benzene rings is 3. The Morgan fingerprint density at radius 1 is 0.792 bits per heavy atom. The van der Waals surface area contributed by atoms with Crippen LogP contribution >= 0.6 is 0 Å². The summed E-state index contributed by atoms with van der Waals surface area (Å²) in [6, 6.07) is 23.2. The Hall–Kier alpha value is -3.07. The van der Waals surface area contributed by atoms with E-state index in [-0.39, 0.29) is 11.6 Å². The molecule has 3 aromatic carbocycles. The summed E-state index contributed by atoms with van der Waals surface area (Å²) in [5.74, 6) is -0.760. The second-order valence-corrected chi connectivity index (χ2v) is 5.73. The fourth-order valence-electron chi connectivity index (χ4n) is 3.12. The van der Waals surface area contributed by atoms with Gasteiger partial charge in [0, 0.05) is 11.1 Å². The van der Waals surface area contributed by atoms with E-state index >= 15 is 0 Å². The summed E-state index contributed by atoms with van der Waals surface area (Å²) in [5.41, 5.74) is 3.57. The van der Waals surface area contributed by atoms with Gasteiger partial charge in [0.15, 0.2) is 5.78 Å². The zero-order chi connectivity index (χ0) is 16.5. The Bertz CT molecular complexity index is 947. The van der Waals surface area contributed by atoms with Crippen molar-refractivity contribution in [2.24, 2.45) is 4.99 Å².